The van der Waals surface area contributed by atoms with Gasteiger partial charge in [0.25, 0.3) is 5.91 Å². The largest absolute Gasteiger partial charge is 0.390 e. The molecule has 0 aliphatic heterocycles. The Morgan fingerprint density at radius 2 is 2.12 bits per heavy atom. The predicted octanol–water partition coefficient (Wildman–Crippen LogP) is 1.56. The van der Waals surface area contributed by atoms with Crippen LogP contribution in [0.5, 0.6) is 0 Å². The Bertz CT molecular complexity index is 867. The average Bonchev–Trinajstić information content (AvgIpc) is 3.27. The van der Waals surface area contributed by atoms with E-state index in [2.05, 4.69) is 20.8 Å². The van der Waals surface area contributed by atoms with Gasteiger partial charge < -0.3 is 14.9 Å². The fraction of sp³-hybridized carbons (Fsp3) is 0.294. The summed E-state index contributed by atoms with van der Waals surface area (Å²) >= 11 is 0. The lowest BCUT2D eigenvalue weighted by atomic mass is 9.86. The van der Waals surface area contributed by atoms with Crippen molar-refractivity contribution in [1.82, 2.24) is 25.5 Å². The average molecular weight is 339 g/mol. The lowest BCUT2D eigenvalue weighted by Crippen LogP contribution is -2.45. The van der Waals surface area contributed by atoms with E-state index in [-0.39, 0.29) is 30.3 Å². The molecular weight excluding hydrogens is 322 g/mol. The highest BCUT2D eigenvalue weighted by atomic mass is 16.5. The Kier molecular flexibility index (Phi) is 4.02. The van der Waals surface area contributed by atoms with E-state index in [4.69, 9.17) is 4.52 Å². The zero-order valence-corrected chi connectivity index (χ0v) is 13.4. The molecule has 0 bridgehead atoms. The van der Waals surface area contributed by atoms with Crippen molar-refractivity contribution in [2.45, 2.75) is 31.5 Å². The third kappa shape index (κ3) is 3.03. The minimum Gasteiger partial charge on any atom is -0.390 e. The molecule has 4 rings (SSSR count). The summed E-state index contributed by atoms with van der Waals surface area (Å²) in [5.74, 6) is 0.308. The van der Waals surface area contributed by atoms with Crippen LogP contribution in [0.25, 0.3) is 11.3 Å². The minimum absolute atomic E-state index is 0.0464. The molecule has 128 valence electrons. The molecule has 1 aromatic carbocycles. The molecule has 2 N–H and O–H groups in total. The van der Waals surface area contributed by atoms with Gasteiger partial charge in [-0.25, -0.2) is 4.68 Å². The molecule has 1 saturated carbocycles. The summed E-state index contributed by atoms with van der Waals surface area (Å²) in [7, 11) is 0. The maximum absolute atomic E-state index is 12.3. The molecule has 0 saturated heterocycles. The first-order chi connectivity index (χ1) is 12.2. The molecule has 3 aromatic rings. The zero-order valence-electron chi connectivity index (χ0n) is 13.4. The Morgan fingerprint density at radius 3 is 2.88 bits per heavy atom. The number of nitrogens with zero attached hydrogens (tertiary/aromatic N) is 4. The van der Waals surface area contributed by atoms with Gasteiger partial charge in [0.1, 0.15) is 0 Å². The molecule has 25 heavy (non-hydrogen) atoms. The molecule has 0 radical (unpaired) electrons. The first-order valence-electron chi connectivity index (χ1n) is 8.07. The molecule has 0 spiro atoms. The second-order valence-electron chi connectivity index (χ2n) is 6.07. The minimum atomic E-state index is -0.254. The summed E-state index contributed by atoms with van der Waals surface area (Å²) < 4.78 is 6.97. The van der Waals surface area contributed by atoms with Crippen molar-refractivity contribution in [3.63, 3.8) is 0 Å². The van der Waals surface area contributed by atoms with E-state index in [9.17, 15) is 9.90 Å². The molecule has 1 aliphatic carbocycles. The van der Waals surface area contributed by atoms with Crippen molar-refractivity contribution in [1.29, 1.82) is 0 Å². The highest BCUT2D eigenvalue weighted by Crippen LogP contribution is 2.32. The van der Waals surface area contributed by atoms with Crippen LogP contribution in [-0.4, -0.2) is 37.2 Å². The number of aliphatic hydroxyl groups excluding tert-OH is 1. The van der Waals surface area contributed by atoms with Gasteiger partial charge in [-0.05, 0) is 12.8 Å². The van der Waals surface area contributed by atoms with E-state index in [0.29, 0.717) is 11.5 Å². The van der Waals surface area contributed by atoms with Gasteiger partial charge in [-0.3, -0.25) is 4.79 Å². The normalized spacial score (nSPS) is 19.4. The van der Waals surface area contributed by atoms with Crippen LogP contribution in [0.15, 0.2) is 47.1 Å². The molecule has 0 atom stereocenters. The molecular formula is C17H17N5O3. The first kappa shape index (κ1) is 15.5. The number of hydrogen-bond donors (Lipinski definition) is 2. The second kappa shape index (κ2) is 6.48. The molecule has 1 fully saturated rings. The number of aromatic nitrogens is 4. The van der Waals surface area contributed by atoms with Gasteiger partial charge in [0.15, 0.2) is 11.5 Å². The highest BCUT2D eigenvalue weighted by Gasteiger charge is 2.34. The van der Waals surface area contributed by atoms with E-state index in [1.165, 1.54) is 0 Å². The number of benzene rings is 1. The SMILES string of the molecule is O=C(NC1CC(n2nncc2CO)C1)c1cc(-c2ccccc2)on1. The number of carbonyl (C=O) groups excluding carboxylic acids is 1. The number of nitrogens with one attached hydrogen (secondary N) is 1. The van der Waals surface area contributed by atoms with Gasteiger partial charge in [0.05, 0.1) is 24.5 Å². The molecule has 2 heterocycles. The van der Waals surface area contributed by atoms with Crippen LogP contribution in [0.2, 0.25) is 0 Å². The third-order valence-electron chi connectivity index (χ3n) is 4.41. The van der Waals surface area contributed by atoms with Gasteiger partial charge in [0.2, 0.25) is 0 Å². The van der Waals surface area contributed by atoms with Crippen molar-refractivity contribution >= 4 is 5.91 Å². The van der Waals surface area contributed by atoms with Crippen LogP contribution < -0.4 is 5.32 Å². The van der Waals surface area contributed by atoms with Crippen LogP contribution in [-0.2, 0) is 6.61 Å². The summed E-state index contributed by atoms with van der Waals surface area (Å²) in [6.45, 7) is -0.0955. The zero-order chi connectivity index (χ0) is 17.2. The second-order valence-corrected chi connectivity index (χ2v) is 6.07. The Labute approximate surface area is 143 Å². The molecule has 0 unspecified atom stereocenters. The van der Waals surface area contributed by atoms with Crippen molar-refractivity contribution < 1.29 is 14.4 Å². The maximum Gasteiger partial charge on any atom is 0.273 e. The number of hydrogen-bond acceptors (Lipinski definition) is 6. The molecule has 1 aliphatic rings. The fourth-order valence-electron chi connectivity index (χ4n) is 2.97. The van der Waals surface area contributed by atoms with Crippen molar-refractivity contribution in [2.75, 3.05) is 0 Å². The standard InChI is InChI=1S/C17H17N5O3/c23-10-14-9-18-21-22(14)13-6-12(7-13)19-17(24)15-8-16(25-20-15)11-4-2-1-3-5-11/h1-5,8-9,12-13,23H,6-7,10H2,(H,19,24). The summed E-state index contributed by atoms with van der Waals surface area (Å²) in [5.41, 5.74) is 1.82. The smallest absolute Gasteiger partial charge is 0.273 e. The van der Waals surface area contributed by atoms with Crippen LogP contribution in [0, 0.1) is 0 Å². The molecule has 1 amide bonds. The van der Waals surface area contributed by atoms with E-state index in [1.54, 1.807) is 16.9 Å². The molecule has 8 nitrogen and oxygen atoms in total. The van der Waals surface area contributed by atoms with Gasteiger partial charge in [-0.15, -0.1) is 5.10 Å². The van der Waals surface area contributed by atoms with E-state index >= 15 is 0 Å². The quantitative estimate of drug-likeness (QED) is 0.731. The number of aliphatic hydroxyl groups is 1. The van der Waals surface area contributed by atoms with Crippen molar-refractivity contribution in [3.8, 4) is 11.3 Å². The number of carbonyl (C=O) groups is 1. The van der Waals surface area contributed by atoms with Crippen LogP contribution in [0.4, 0.5) is 0 Å². The van der Waals surface area contributed by atoms with Crippen LogP contribution in [0.1, 0.15) is 35.1 Å². The van der Waals surface area contributed by atoms with Crippen LogP contribution >= 0.6 is 0 Å². The highest BCUT2D eigenvalue weighted by molar-refractivity contribution is 5.93. The number of amides is 1. The monoisotopic (exact) mass is 339 g/mol. The molecule has 2 aromatic heterocycles. The van der Waals surface area contributed by atoms with Crippen molar-refractivity contribution in [3.05, 3.63) is 54.0 Å². The van der Waals surface area contributed by atoms with Gasteiger partial charge in [0, 0.05) is 17.7 Å². The summed E-state index contributed by atoms with van der Waals surface area (Å²) in [6, 6.07) is 11.3. The van der Waals surface area contributed by atoms with Gasteiger partial charge in [-0.1, -0.05) is 40.7 Å². The van der Waals surface area contributed by atoms with Crippen molar-refractivity contribution in [2.24, 2.45) is 0 Å². The van der Waals surface area contributed by atoms with E-state index in [0.717, 1.165) is 18.4 Å². The summed E-state index contributed by atoms with van der Waals surface area (Å²) in [4.78, 5) is 12.3. The van der Waals surface area contributed by atoms with Crippen LogP contribution in [0.3, 0.4) is 0 Å². The number of rotatable bonds is 5. The lowest BCUT2D eigenvalue weighted by molar-refractivity contribution is 0.0875. The summed E-state index contributed by atoms with van der Waals surface area (Å²) in [5, 5.41) is 23.8. The fourth-order valence-corrected chi connectivity index (χ4v) is 2.97. The lowest BCUT2D eigenvalue weighted by Gasteiger charge is -2.35. The Balaban J connectivity index is 1.35. The third-order valence-corrected chi connectivity index (χ3v) is 4.41. The van der Waals surface area contributed by atoms with E-state index < -0.39 is 0 Å². The maximum atomic E-state index is 12.3. The molecule has 8 heteroatoms. The summed E-state index contributed by atoms with van der Waals surface area (Å²) in [6.07, 6.45) is 3.03. The van der Waals surface area contributed by atoms with Gasteiger partial charge >= 0.3 is 0 Å². The Hall–Kier alpha value is -3.00. The predicted molar refractivity (Wildman–Crippen MR) is 87.4 cm³/mol. The topological polar surface area (TPSA) is 106 Å². The first-order valence-corrected chi connectivity index (χ1v) is 8.07. The van der Waals surface area contributed by atoms with Gasteiger partial charge in [-0.2, -0.15) is 0 Å². The Morgan fingerprint density at radius 1 is 1.32 bits per heavy atom. The van der Waals surface area contributed by atoms with E-state index in [1.807, 2.05) is 30.3 Å².